The number of rotatable bonds is 2. The van der Waals surface area contributed by atoms with E-state index in [0.717, 1.165) is 12.8 Å². The van der Waals surface area contributed by atoms with Gasteiger partial charge in [-0.1, -0.05) is 6.42 Å². The lowest BCUT2D eigenvalue weighted by atomic mass is 9.75. The Labute approximate surface area is 72.3 Å². The molecule has 12 heavy (non-hydrogen) atoms. The van der Waals surface area contributed by atoms with Crippen molar-refractivity contribution in [1.29, 1.82) is 0 Å². The minimum atomic E-state index is -0.634. The predicted molar refractivity (Wildman–Crippen MR) is 44.7 cm³/mol. The molecule has 2 N–H and O–H groups in total. The molecule has 1 aliphatic carbocycles. The molecule has 1 saturated heterocycles. The zero-order chi connectivity index (χ0) is 8.60. The van der Waals surface area contributed by atoms with Gasteiger partial charge in [0.15, 0.2) is 5.78 Å². The van der Waals surface area contributed by atoms with Crippen molar-refractivity contribution in [2.24, 2.45) is 11.7 Å². The largest absolute Gasteiger partial charge is 0.379 e. The second kappa shape index (κ2) is 2.82. The van der Waals surface area contributed by atoms with Crippen molar-refractivity contribution in [3.63, 3.8) is 0 Å². The first kappa shape index (κ1) is 8.20. The summed E-state index contributed by atoms with van der Waals surface area (Å²) in [5, 5.41) is 0. The number of hydrogen-bond acceptors (Lipinski definition) is 3. The average molecular weight is 169 g/mol. The van der Waals surface area contributed by atoms with Crippen molar-refractivity contribution in [3.05, 3.63) is 0 Å². The van der Waals surface area contributed by atoms with E-state index in [1.807, 2.05) is 0 Å². The zero-order valence-corrected chi connectivity index (χ0v) is 7.21. The third-order valence-electron chi connectivity index (χ3n) is 3.02. The fourth-order valence-corrected chi connectivity index (χ4v) is 1.85. The summed E-state index contributed by atoms with van der Waals surface area (Å²) in [6.07, 6.45) is 3.98. The number of ether oxygens (including phenoxy) is 1. The van der Waals surface area contributed by atoms with Crippen LogP contribution in [0.5, 0.6) is 0 Å². The summed E-state index contributed by atoms with van der Waals surface area (Å²) in [5.74, 6) is 0.489. The standard InChI is InChI=1S/C9H15NO2/c10-9(4-5-12-6-9)8(11)7-2-1-3-7/h7H,1-6,10H2. The van der Waals surface area contributed by atoms with E-state index in [4.69, 9.17) is 10.5 Å². The van der Waals surface area contributed by atoms with Crippen molar-refractivity contribution in [2.75, 3.05) is 13.2 Å². The Morgan fingerprint density at radius 3 is 2.67 bits per heavy atom. The van der Waals surface area contributed by atoms with Crippen molar-refractivity contribution < 1.29 is 9.53 Å². The minimum absolute atomic E-state index is 0.242. The van der Waals surface area contributed by atoms with Crippen LogP contribution in [0.3, 0.4) is 0 Å². The maximum absolute atomic E-state index is 11.7. The molecular formula is C9H15NO2. The summed E-state index contributed by atoms with van der Waals surface area (Å²) >= 11 is 0. The SMILES string of the molecule is NC1(C(=O)C2CCC2)CCOC1. The molecule has 68 valence electrons. The van der Waals surface area contributed by atoms with Crippen LogP contribution in [0.1, 0.15) is 25.7 Å². The molecule has 0 aromatic heterocycles. The Morgan fingerprint density at radius 2 is 2.25 bits per heavy atom. The van der Waals surface area contributed by atoms with Crippen LogP contribution >= 0.6 is 0 Å². The lowest BCUT2D eigenvalue weighted by molar-refractivity contribution is -0.130. The van der Waals surface area contributed by atoms with Gasteiger partial charge in [-0.05, 0) is 19.3 Å². The number of carbonyl (C=O) groups excluding carboxylic acids is 1. The summed E-state index contributed by atoms with van der Waals surface area (Å²) in [5.41, 5.74) is 5.30. The third-order valence-corrected chi connectivity index (χ3v) is 3.02. The molecular weight excluding hydrogens is 154 g/mol. The Balaban J connectivity index is 2.01. The van der Waals surface area contributed by atoms with Crippen LogP contribution in [0.4, 0.5) is 0 Å². The van der Waals surface area contributed by atoms with Crippen molar-refractivity contribution in [3.8, 4) is 0 Å². The van der Waals surface area contributed by atoms with E-state index in [2.05, 4.69) is 0 Å². The lowest BCUT2D eigenvalue weighted by Gasteiger charge is -2.31. The average Bonchev–Trinajstić information content (AvgIpc) is 2.33. The number of ketones is 1. The van der Waals surface area contributed by atoms with Gasteiger partial charge in [0.25, 0.3) is 0 Å². The van der Waals surface area contributed by atoms with Crippen molar-refractivity contribution in [2.45, 2.75) is 31.2 Å². The first-order valence-corrected chi connectivity index (χ1v) is 4.63. The number of nitrogens with two attached hydrogens (primary N) is 1. The van der Waals surface area contributed by atoms with E-state index in [1.54, 1.807) is 0 Å². The van der Waals surface area contributed by atoms with Gasteiger partial charge in [0.05, 0.1) is 6.61 Å². The molecule has 1 heterocycles. The van der Waals surface area contributed by atoms with Gasteiger partial charge in [0.1, 0.15) is 5.54 Å². The summed E-state index contributed by atoms with van der Waals surface area (Å²) in [6.45, 7) is 1.08. The van der Waals surface area contributed by atoms with E-state index in [-0.39, 0.29) is 11.7 Å². The zero-order valence-electron chi connectivity index (χ0n) is 7.21. The molecule has 0 spiro atoms. The maximum atomic E-state index is 11.7. The highest BCUT2D eigenvalue weighted by atomic mass is 16.5. The molecule has 2 aliphatic rings. The molecule has 1 atom stereocenters. The molecule has 3 nitrogen and oxygen atoms in total. The topological polar surface area (TPSA) is 52.3 Å². The third kappa shape index (κ3) is 1.17. The van der Waals surface area contributed by atoms with Crippen LogP contribution in [0.2, 0.25) is 0 Å². The van der Waals surface area contributed by atoms with Gasteiger partial charge in [-0.2, -0.15) is 0 Å². The summed E-state index contributed by atoms with van der Waals surface area (Å²) in [6, 6.07) is 0. The second-order valence-electron chi connectivity index (χ2n) is 3.95. The normalized spacial score (nSPS) is 36.4. The monoisotopic (exact) mass is 169 g/mol. The van der Waals surface area contributed by atoms with Gasteiger partial charge in [-0.15, -0.1) is 0 Å². The fraction of sp³-hybridized carbons (Fsp3) is 0.889. The molecule has 1 saturated carbocycles. The Kier molecular flexibility index (Phi) is 1.93. The molecule has 0 bridgehead atoms. The van der Waals surface area contributed by atoms with Crippen molar-refractivity contribution in [1.82, 2.24) is 0 Å². The van der Waals surface area contributed by atoms with Crippen LogP contribution < -0.4 is 5.73 Å². The number of hydrogen-bond donors (Lipinski definition) is 1. The lowest BCUT2D eigenvalue weighted by Crippen LogP contribution is -2.52. The fourth-order valence-electron chi connectivity index (χ4n) is 1.85. The molecule has 1 unspecified atom stereocenters. The van der Waals surface area contributed by atoms with Crippen LogP contribution in [-0.2, 0) is 9.53 Å². The van der Waals surface area contributed by atoms with Gasteiger partial charge >= 0.3 is 0 Å². The highest BCUT2D eigenvalue weighted by Crippen LogP contribution is 2.32. The Morgan fingerprint density at radius 1 is 1.50 bits per heavy atom. The minimum Gasteiger partial charge on any atom is -0.379 e. The molecule has 0 aromatic rings. The van der Waals surface area contributed by atoms with Gasteiger partial charge in [-0.25, -0.2) is 0 Å². The first-order valence-electron chi connectivity index (χ1n) is 4.63. The highest BCUT2D eigenvalue weighted by molar-refractivity contribution is 5.91. The first-order chi connectivity index (χ1) is 5.72. The van der Waals surface area contributed by atoms with Crippen LogP contribution in [0, 0.1) is 5.92 Å². The van der Waals surface area contributed by atoms with Gasteiger partial charge in [0.2, 0.25) is 0 Å². The Hall–Kier alpha value is -0.410. The van der Waals surface area contributed by atoms with Gasteiger partial charge < -0.3 is 10.5 Å². The molecule has 0 aromatic carbocycles. The number of Topliss-reactive ketones (excluding diaryl/α,β-unsaturated/α-hetero) is 1. The van der Waals surface area contributed by atoms with Crippen LogP contribution in [-0.4, -0.2) is 24.5 Å². The van der Waals surface area contributed by atoms with E-state index >= 15 is 0 Å². The summed E-state index contributed by atoms with van der Waals surface area (Å²) in [4.78, 5) is 11.7. The molecule has 0 amide bonds. The quantitative estimate of drug-likeness (QED) is 0.654. The Bertz CT molecular complexity index is 193. The van der Waals surface area contributed by atoms with Crippen LogP contribution in [0.25, 0.3) is 0 Å². The molecule has 2 rings (SSSR count). The molecule has 0 radical (unpaired) electrons. The predicted octanol–water partition coefficient (Wildman–Crippen LogP) is 0.473. The second-order valence-corrected chi connectivity index (χ2v) is 3.95. The van der Waals surface area contributed by atoms with Crippen LogP contribution in [0.15, 0.2) is 0 Å². The van der Waals surface area contributed by atoms with Gasteiger partial charge in [0, 0.05) is 12.5 Å². The molecule has 3 heteroatoms. The van der Waals surface area contributed by atoms with Gasteiger partial charge in [-0.3, -0.25) is 4.79 Å². The highest BCUT2D eigenvalue weighted by Gasteiger charge is 2.43. The smallest absolute Gasteiger partial charge is 0.158 e. The summed E-state index contributed by atoms with van der Waals surface area (Å²) < 4.78 is 5.15. The maximum Gasteiger partial charge on any atom is 0.158 e. The van der Waals surface area contributed by atoms with E-state index < -0.39 is 5.54 Å². The van der Waals surface area contributed by atoms with Crippen molar-refractivity contribution >= 4 is 5.78 Å². The van der Waals surface area contributed by atoms with E-state index in [1.165, 1.54) is 6.42 Å². The van der Waals surface area contributed by atoms with E-state index in [9.17, 15) is 4.79 Å². The molecule has 2 fully saturated rings. The molecule has 1 aliphatic heterocycles. The van der Waals surface area contributed by atoms with E-state index in [0.29, 0.717) is 19.6 Å². The summed E-state index contributed by atoms with van der Waals surface area (Å²) in [7, 11) is 0. The number of carbonyl (C=O) groups is 1.